The molecule has 0 aromatic carbocycles. The highest BCUT2D eigenvalue weighted by Crippen LogP contribution is 2.34. The van der Waals surface area contributed by atoms with Gasteiger partial charge in [0.15, 0.2) is 5.41 Å². The highest BCUT2D eigenvalue weighted by molar-refractivity contribution is 6.03. The van der Waals surface area contributed by atoms with Gasteiger partial charge >= 0.3 is 11.9 Å². The topological polar surface area (TPSA) is 63.6 Å². The molecule has 1 rings (SSSR count). The second kappa shape index (κ2) is 2.38. The summed E-state index contributed by atoms with van der Waals surface area (Å²) in [4.78, 5) is 21.5. The van der Waals surface area contributed by atoms with E-state index in [2.05, 4.69) is 4.74 Å². The lowest BCUT2D eigenvalue weighted by molar-refractivity contribution is -0.163. The Hall–Kier alpha value is -1.32. The Balaban J connectivity index is 2.86. The van der Waals surface area contributed by atoms with Crippen molar-refractivity contribution in [3.63, 3.8) is 0 Å². The molecule has 0 bridgehead atoms. The fourth-order valence-electron chi connectivity index (χ4n) is 0.933. The summed E-state index contributed by atoms with van der Waals surface area (Å²) < 4.78 is 4.35. The molecule has 0 aromatic rings. The molecule has 4 heteroatoms. The van der Waals surface area contributed by atoms with Crippen molar-refractivity contribution in [2.24, 2.45) is 5.41 Å². The van der Waals surface area contributed by atoms with E-state index >= 15 is 0 Å². The summed E-state index contributed by atoms with van der Waals surface area (Å²) in [5, 5.41) is 8.63. The average molecular weight is 156 g/mol. The van der Waals surface area contributed by atoms with E-state index in [4.69, 9.17) is 5.11 Å². The highest BCUT2D eigenvalue weighted by atomic mass is 16.5. The minimum absolute atomic E-state index is 0.231. The number of carbonyl (C=O) groups excluding carboxylic acids is 1. The second-order valence-corrected chi connectivity index (χ2v) is 2.37. The average Bonchev–Trinajstić information content (AvgIpc) is 1.84. The molecule has 1 atom stereocenters. The van der Waals surface area contributed by atoms with E-state index in [1.165, 1.54) is 13.2 Å². The third-order valence-corrected chi connectivity index (χ3v) is 1.77. The Labute approximate surface area is 63.5 Å². The molecule has 0 saturated carbocycles. The fraction of sp³-hybridized carbons (Fsp3) is 0.429. The van der Waals surface area contributed by atoms with Crippen molar-refractivity contribution in [1.29, 1.82) is 0 Å². The molecule has 0 spiro atoms. The minimum Gasteiger partial charge on any atom is -0.480 e. The maximum atomic E-state index is 10.9. The zero-order valence-corrected chi connectivity index (χ0v) is 6.03. The van der Waals surface area contributed by atoms with E-state index in [1.807, 2.05) is 0 Å². The number of rotatable bonds is 2. The lowest BCUT2D eigenvalue weighted by atomic mass is 9.76. The third-order valence-electron chi connectivity index (χ3n) is 1.77. The number of hydrogen-bond donors (Lipinski definition) is 1. The van der Waals surface area contributed by atoms with E-state index < -0.39 is 17.4 Å². The van der Waals surface area contributed by atoms with Crippen LogP contribution in [0.1, 0.15) is 6.42 Å². The van der Waals surface area contributed by atoms with Crippen LogP contribution < -0.4 is 0 Å². The molecule has 0 amide bonds. The van der Waals surface area contributed by atoms with Crippen LogP contribution in [0.3, 0.4) is 0 Å². The van der Waals surface area contributed by atoms with Gasteiger partial charge in [0, 0.05) is 0 Å². The van der Waals surface area contributed by atoms with Gasteiger partial charge in [-0.3, -0.25) is 9.59 Å². The monoisotopic (exact) mass is 156 g/mol. The summed E-state index contributed by atoms with van der Waals surface area (Å²) in [7, 11) is 1.18. The standard InChI is InChI=1S/C7H8O4/c1-11-6(10)7(5(8)9)3-2-4-7/h2-3H,4H2,1H3,(H,8,9). The molecule has 0 heterocycles. The zero-order valence-electron chi connectivity index (χ0n) is 6.03. The van der Waals surface area contributed by atoms with Gasteiger partial charge < -0.3 is 9.84 Å². The number of methoxy groups -OCH3 is 1. The SMILES string of the molecule is COC(=O)C1(C(=O)O)C=CC1. The maximum Gasteiger partial charge on any atom is 0.327 e. The van der Waals surface area contributed by atoms with Crippen LogP contribution in [-0.2, 0) is 14.3 Å². The summed E-state index contributed by atoms with van der Waals surface area (Å²) in [5.41, 5.74) is -1.39. The van der Waals surface area contributed by atoms with Gasteiger partial charge in [0.1, 0.15) is 0 Å². The summed E-state index contributed by atoms with van der Waals surface area (Å²) in [5.74, 6) is -1.85. The number of carboxylic acids is 1. The summed E-state index contributed by atoms with van der Waals surface area (Å²) >= 11 is 0. The van der Waals surface area contributed by atoms with Crippen LogP contribution in [0.15, 0.2) is 12.2 Å². The number of carboxylic acid groups (broad SMARTS) is 1. The first-order valence-corrected chi connectivity index (χ1v) is 3.13. The predicted molar refractivity (Wildman–Crippen MR) is 35.8 cm³/mol. The van der Waals surface area contributed by atoms with Crippen molar-refractivity contribution >= 4 is 11.9 Å². The maximum absolute atomic E-state index is 10.9. The summed E-state index contributed by atoms with van der Waals surface area (Å²) in [6, 6.07) is 0. The summed E-state index contributed by atoms with van der Waals surface area (Å²) in [6.45, 7) is 0. The first-order chi connectivity index (χ1) is 5.13. The number of allylic oxidation sites excluding steroid dienone is 1. The number of ether oxygens (including phenoxy) is 1. The minimum atomic E-state index is -1.39. The molecule has 0 radical (unpaired) electrons. The van der Waals surface area contributed by atoms with Gasteiger partial charge in [-0.15, -0.1) is 0 Å². The van der Waals surface area contributed by atoms with E-state index in [1.54, 1.807) is 6.08 Å². The Morgan fingerprint density at radius 1 is 1.64 bits per heavy atom. The third kappa shape index (κ3) is 0.906. The van der Waals surface area contributed by atoms with Gasteiger partial charge in [-0.1, -0.05) is 12.2 Å². The first-order valence-electron chi connectivity index (χ1n) is 3.13. The van der Waals surface area contributed by atoms with Crippen molar-refractivity contribution in [3.8, 4) is 0 Å². The van der Waals surface area contributed by atoms with Crippen molar-refractivity contribution in [2.45, 2.75) is 6.42 Å². The second-order valence-electron chi connectivity index (χ2n) is 2.37. The van der Waals surface area contributed by atoms with Crippen LogP contribution in [0.25, 0.3) is 0 Å². The molecule has 4 nitrogen and oxygen atoms in total. The Bertz CT molecular complexity index is 231. The molecule has 1 aliphatic rings. The van der Waals surface area contributed by atoms with E-state index in [9.17, 15) is 9.59 Å². The number of aliphatic carboxylic acids is 1. The van der Waals surface area contributed by atoms with Gasteiger partial charge in [-0.2, -0.15) is 0 Å². The molecule has 60 valence electrons. The summed E-state index contributed by atoms with van der Waals surface area (Å²) in [6.07, 6.45) is 3.21. The van der Waals surface area contributed by atoms with Gasteiger partial charge in [0.25, 0.3) is 0 Å². The lowest BCUT2D eigenvalue weighted by Crippen LogP contribution is -2.41. The van der Waals surface area contributed by atoms with Crippen molar-refractivity contribution in [2.75, 3.05) is 7.11 Å². The predicted octanol–water partition coefficient (Wildman–Crippen LogP) is 0.190. The Kier molecular flexibility index (Phi) is 1.68. The zero-order chi connectivity index (χ0) is 8.48. The van der Waals surface area contributed by atoms with Crippen LogP contribution in [0, 0.1) is 5.41 Å². The number of esters is 1. The molecule has 0 aliphatic heterocycles. The Morgan fingerprint density at radius 3 is 2.27 bits per heavy atom. The number of carbonyl (C=O) groups is 2. The molecule has 0 aromatic heterocycles. The van der Waals surface area contributed by atoms with Crippen molar-refractivity contribution < 1.29 is 19.4 Å². The van der Waals surface area contributed by atoms with Gasteiger partial charge in [-0.05, 0) is 6.42 Å². The molecule has 1 aliphatic carbocycles. The lowest BCUT2D eigenvalue weighted by Gasteiger charge is -2.27. The largest absolute Gasteiger partial charge is 0.480 e. The molecule has 11 heavy (non-hydrogen) atoms. The molecule has 1 N–H and O–H groups in total. The fourth-order valence-corrected chi connectivity index (χ4v) is 0.933. The van der Waals surface area contributed by atoms with Gasteiger partial charge in [0.05, 0.1) is 7.11 Å². The number of hydrogen-bond acceptors (Lipinski definition) is 3. The van der Waals surface area contributed by atoms with Crippen LogP contribution in [-0.4, -0.2) is 24.2 Å². The molecule has 0 fully saturated rings. The van der Waals surface area contributed by atoms with Crippen LogP contribution in [0.4, 0.5) is 0 Å². The molecule has 0 saturated heterocycles. The molecule has 1 unspecified atom stereocenters. The highest BCUT2D eigenvalue weighted by Gasteiger charge is 2.48. The van der Waals surface area contributed by atoms with Crippen LogP contribution in [0.2, 0.25) is 0 Å². The van der Waals surface area contributed by atoms with Crippen LogP contribution in [0.5, 0.6) is 0 Å². The van der Waals surface area contributed by atoms with E-state index in [0.29, 0.717) is 0 Å². The van der Waals surface area contributed by atoms with Gasteiger partial charge in [0.2, 0.25) is 0 Å². The molecular weight excluding hydrogens is 148 g/mol. The van der Waals surface area contributed by atoms with Crippen molar-refractivity contribution in [3.05, 3.63) is 12.2 Å². The van der Waals surface area contributed by atoms with E-state index in [0.717, 1.165) is 0 Å². The normalized spacial score (nSPS) is 27.4. The van der Waals surface area contributed by atoms with Crippen LogP contribution >= 0.6 is 0 Å². The van der Waals surface area contributed by atoms with Crippen molar-refractivity contribution in [1.82, 2.24) is 0 Å². The first kappa shape index (κ1) is 7.78. The Morgan fingerprint density at radius 2 is 2.18 bits per heavy atom. The smallest absolute Gasteiger partial charge is 0.327 e. The molecular formula is C7H8O4. The van der Waals surface area contributed by atoms with Gasteiger partial charge in [-0.25, -0.2) is 0 Å². The van der Waals surface area contributed by atoms with E-state index in [-0.39, 0.29) is 6.42 Å². The quantitative estimate of drug-likeness (QED) is 0.352.